The van der Waals surface area contributed by atoms with Crippen LogP contribution in [0.25, 0.3) is 0 Å². The van der Waals surface area contributed by atoms with E-state index in [1.165, 1.54) is 6.92 Å². The van der Waals surface area contributed by atoms with Gasteiger partial charge < -0.3 is 33.5 Å². The van der Waals surface area contributed by atoms with E-state index in [4.69, 9.17) is 28.4 Å². The lowest BCUT2D eigenvalue weighted by Crippen LogP contribution is -2.71. The molecule has 4 aromatic carbocycles. The highest BCUT2D eigenvalue weighted by Crippen LogP contribution is 2.41. The molecule has 4 aromatic rings. The monoisotopic (exact) mass is 662 g/mol. The van der Waals surface area contributed by atoms with Gasteiger partial charge in [-0.05, 0) is 29.2 Å². The first-order valence-corrected chi connectivity index (χ1v) is 15.8. The van der Waals surface area contributed by atoms with Crippen molar-refractivity contribution in [3.63, 3.8) is 0 Å². The second-order valence-electron chi connectivity index (χ2n) is 11.4. The zero-order valence-corrected chi connectivity index (χ0v) is 26.7. The smallest absolute Gasteiger partial charge is 0.379 e. The summed E-state index contributed by atoms with van der Waals surface area (Å²) in [5.74, 6) is -8.59. The van der Waals surface area contributed by atoms with Crippen LogP contribution in [0.2, 0.25) is 0 Å². The first-order chi connectivity index (χ1) is 23.3. The molecule has 1 N–H and O–H groups in total. The van der Waals surface area contributed by atoms with E-state index >= 15 is 8.78 Å². The van der Waals surface area contributed by atoms with Crippen LogP contribution >= 0.6 is 0 Å². The van der Waals surface area contributed by atoms with Gasteiger partial charge in [0.2, 0.25) is 5.79 Å². The van der Waals surface area contributed by atoms with E-state index in [1.807, 2.05) is 97.1 Å². The standard InChI is InChI=1S/C38H40F2O8/c1-2-44-36(41)38(39,40)35-33(46-25-30-19-11-5-12-20-30)32(45-24-29-17-9-4-10-18-29)34(47-26-31-21-13-6-14-22-31)37(42,48-35)27-43-23-28-15-7-3-8-16-28/h3-22,32-35,42H,2,23-27H2,1H3/t32-,33+,34+,35-,37-/m1/s1. The van der Waals surface area contributed by atoms with Gasteiger partial charge in [-0.3, -0.25) is 0 Å². The number of benzene rings is 4. The average Bonchev–Trinajstić information content (AvgIpc) is 3.11. The van der Waals surface area contributed by atoms with Crippen LogP contribution < -0.4 is 0 Å². The Morgan fingerprint density at radius 2 is 1.10 bits per heavy atom. The Kier molecular flexibility index (Phi) is 12.4. The summed E-state index contributed by atoms with van der Waals surface area (Å²) < 4.78 is 67.7. The van der Waals surface area contributed by atoms with Crippen LogP contribution in [-0.4, -0.2) is 60.4 Å². The molecule has 1 aliphatic rings. The molecule has 0 unspecified atom stereocenters. The number of esters is 1. The van der Waals surface area contributed by atoms with Crippen molar-refractivity contribution >= 4 is 5.97 Å². The SMILES string of the molecule is CCOC(=O)C(F)(F)[C@@H]1O[C@](O)(COCc2ccccc2)[C@@H](OCc2ccccc2)[C@H](OCc2ccccc2)[C@@H]1OCc1ccccc1. The van der Waals surface area contributed by atoms with Crippen molar-refractivity contribution in [3.05, 3.63) is 144 Å². The molecule has 0 saturated carbocycles. The molecule has 1 aliphatic heterocycles. The van der Waals surface area contributed by atoms with Crippen molar-refractivity contribution in [1.29, 1.82) is 0 Å². The second kappa shape index (κ2) is 16.9. The zero-order chi connectivity index (χ0) is 33.8. The van der Waals surface area contributed by atoms with Gasteiger partial charge in [0.15, 0.2) is 6.10 Å². The van der Waals surface area contributed by atoms with Gasteiger partial charge in [0, 0.05) is 0 Å². The van der Waals surface area contributed by atoms with Crippen LogP contribution in [0.4, 0.5) is 8.78 Å². The Hall–Kier alpha value is -4.03. The number of halogens is 2. The number of rotatable bonds is 16. The number of hydrogen-bond donors (Lipinski definition) is 1. The van der Waals surface area contributed by atoms with Gasteiger partial charge in [-0.15, -0.1) is 0 Å². The first-order valence-electron chi connectivity index (χ1n) is 15.8. The molecule has 1 saturated heterocycles. The fraction of sp³-hybridized carbons (Fsp3) is 0.342. The van der Waals surface area contributed by atoms with Crippen molar-refractivity contribution < 1.29 is 47.1 Å². The lowest BCUT2D eigenvalue weighted by molar-refractivity contribution is -0.396. The molecule has 0 aromatic heterocycles. The van der Waals surface area contributed by atoms with Gasteiger partial charge in [-0.2, -0.15) is 8.78 Å². The van der Waals surface area contributed by atoms with Crippen LogP contribution in [0.1, 0.15) is 29.2 Å². The minimum Gasteiger partial charge on any atom is -0.461 e. The Bertz CT molecular complexity index is 1530. The van der Waals surface area contributed by atoms with Gasteiger partial charge in [0.25, 0.3) is 0 Å². The molecule has 0 amide bonds. The maximum Gasteiger partial charge on any atom is 0.379 e. The van der Waals surface area contributed by atoms with Gasteiger partial charge in [-0.25, -0.2) is 4.79 Å². The van der Waals surface area contributed by atoms with E-state index in [2.05, 4.69) is 0 Å². The Labute approximate surface area is 279 Å². The van der Waals surface area contributed by atoms with Crippen LogP contribution in [-0.2, 0) is 59.6 Å². The predicted molar refractivity (Wildman–Crippen MR) is 173 cm³/mol. The molecule has 1 heterocycles. The first kappa shape index (κ1) is 35.3. The van der Waals surface area contributed by atoms with Gasteiger partial charge >= 0.3 is 11.9 Å². The number of carbonyl (C=O) groups excluding carboxylic acids is 1. The quantitative estimate of drug-likeness (QED) is 0.141. The van der Waals surface area contributed by atoms with Crippen molar-refractivity contribution in [2.45, 2.75) is 69.5 Å². The number of carbonyl (C=O) groups is 1. The molecule has 254 valence electrons. The normalized spacial score (nSPS) is 22.7. The lowest BCUT2D eigenvalue weighted by atomic mass is 9.88. The minimum absolute atomic E-state index is 0.0224. The zero-order valence-electron chi connectivity index (χ0n) is 26.7. The summed E-state index contributed by atoms with van der Waals surface area (Å²) in [7, 11) is 0. The Morgan fingerprint density at radius 3 is 1.56 bits per heavy atom. The molecule has 0 spiro atoms. The Morgan fingerprint density at radius 1 is 0.688 bits per heavy atom. The third-order valence-corrected chi connectivity index (χ3v) is 7.86. The van der Waals surface area contributed by atoms with Crippen molar-refractivity contribution in [1.82, 2.24) is 0 Å². The van der Waals surface area contributed by atoms with Crippen LogP contribution in [0.5, 0.6) is 0 Å². The van der Waals surface area contributed by atoms with Crippen LogP contribution in [0.3, 0.4) is 0 Å². The number of aliphatic hydroxyl groups is 1. The highest BCUT2D eigenvalue weighted by molar-refractivity contribution is 5.78. The molecule has 0 radical (unpaired) electrons. The number of hydrogen-bond acceptors (Lipinski definition) is 8. The largest absolute Gasteiger partial charge is 0.461 e. The number of ether oxygens (including phenoxy) is 6. The summed E-state index contributed by atoms with van der Waals surface area (Å²) in [4.78, 5) is 12.8. The van der Waals surface area contributed by atoms with Crippen molar-refractivity contribution in [2.24, 2.45) is 0 Å². The second-order valence-corrected chi connectivity index (χ2v) is 11.4. The maximum atomic E-state index is 16.2. The predicted octanol–water partition coefficient (Wildman–Crippen LogP) is 6.25. The molecule has 5 atom stereocenters. The van der Waals surface area contributed by atoms with Crippen LogP contribution in [0, 0.1) is 0 Å². The van der Waals surface area contributed by atoms with Gasteiger partial charge in [0.1, 0.15) is 24.9 Å². The van der Waals surface area contributed by atoms with Crippen molar-refractivity contribution in [3.8, 4) is 0 Å². The van der Waals surface area contributed by atoms with Gasteiger partial charge in [-0.1, -0.05) is 121 Å². The summed E-state index contributed by atoms with van der Waals surface area (Å²) in [5, 5.41) is 12.2. The van der Waals surface area contributed by atoms with E-state index < -0.39 is 48.7 Å². The highest BCUT2D eigenvalue weighted by atomic mass is 19.3. The molecule has 48 heavy (non-hydrogen) atoms. The summed E-state index contributed by atoms with van der Waals surface area (Å²) in [6.45, 7) is 0.396. The molecular weight excluding hydrogens is 622 g/mol. The summed E-state index contributed by atoms with van der Waals surface area (Å²) >= 11 is 0. The number of alkyl halides is 2. The molecule has 5 rings (SSSR count). The van der Waals surface area contributed by atoms with E-state index in [1.54, 1.807) is 24.3 Å². The molecule has 0 aliphatic carbocycles. The fourth-order valence-electron chi connectivity index (χ4n) is 5.47. The van der Waals surface area contributed by atoms with Gasteiger partial charge in [0.05, 0.1) is 33.0 Å². The van der Waals surface area contributed by atoms with Crippen molar-refractivity contribution in [2.75, 3.05) is 13.2 Å². The fourth-order valence-corrected chi connectivity index (χ4v) is 5.47. The van der Waals surface area contributed by atoms with E-state index in [-0.39, 0.29) is 33.0 Å². The average molecular weight is 663 g/mol. The molecular formula is C38H40F2O8. The third kappa shape index (κ3) is 9.10. The summed E-state index contributed by atoms with van der Waals surface area (Å²) in [5.41, 5.74) is 2.97. The van der Waals surface area contributed by atoms with E-state index in [0.717, 1.165) is 16.7 Å². The van der Waals surface area contributed by atoms with E-state index in [0.29, 0.717) is 5.56 Å². The summed E-state index contributed by atoms with van der Waals surface area (Å²) in [6, 6.07) is 36.4. The molecule has 1 fully saturated rings. The molecule has 0 bridgehead atoms. The highest BCUT2D eigenvalue weighted by Gasteiger charge is 2.65. The molecule has 8 nitrogen and oxygen atoms in total. The topological polar surface area (TPSA) is 92.7 Å². The van der Waals surface area contributed by atoms with Crippen LogP contribution in [0.15, 0.2) is 121 Å². The Balaban J connectivity index is 1.54. The molecule has 10 heteroatoms. The minimum atomic E-state index is -4.26. The third-order valence-electron chi connectivity index (χ3n) is 7.86. The maximum absolute atomic E-state index is 16.2. The summed E-state index contributed by atoms with van der Waals surface area (Å²) in [6.07, 6.45) is -6.74. The van der Waals surface area contributed by atoms with E-state index in [9.17, 15) is 9.90 Å². The lowest BCUT2D eigenvalue weighted by Gasteiger charge is -2.51.